The van der Waals surface area contributed by atoms with E-state index in [1.165, 1.54) is 5.56 Å². The van der Waals surface area contributed by atoms with Crippen LogP contribution in [0.5, 0.6) is 5.75 Å². The van der Waals surface area contributed by atoms with Gasteiger partial charge in [-0.2, -0.15) is 0 Å². The summed E-state index contributed by atoms with van der Waals surface area (Å²) in [6.07, 6.45) is 7.10. The summed E-state index contributed by atoms with van der Waals surface area (Å²) in [5.74, 6) is 1.61. The highest BCUT2D eigenvalue weighted by Gasteiger charge is 2.22. The molecular formula is C15H24N2O2. The summed E-state index contributed by atoms with van der Waals surface area (Å²) in [6.45, 7) is 4.90. The maximum absolute atomic E-state index is 5.44. The van der Waals surface area contributed by atoms with Crippen LogP contribution in [0.15, 0.2) is 18.5 Å². The third kappa shape index (κ3) is 3.91. The molecule has 2 heterocycles. The lowest BCUT2D eigenvalue weighted by Crippen LogP contribution is -2.26. The minimum absolute atomic E-state index is 0.339. The molecule has 1 saturated heterocycles. The number of nitrogens with zero attached hydrogens (tertiary/aromatic N) is 1. The van der Waals surface area contributed by atoms with E-state index in [-0.39, 0.29) is 0 Å². The average Bonchev–Trinajstić information content (AvgIpc) is 2.48. The van der Waals surface area contributed by atoms with Crippen molar-refractivity contribution in [2.75, 3.05) is 26.9 Å². The van der Waals surface area contributed by atoms with Gasteiger partial charge in [0.2, 0.25) is 0 Å². The first-order valence-corrected chi connectivity index (χ1v) is 7.14. The van der Waals surface area contributed by atoms with Crippen molar-refractivity contribution in [3.8, 4) is 5.75 Å². The SMILES string of the molecule is CCNC(CC1CCOCC1)c1ccncc1OC. The molecule has 0 aliphatic carbocycles. The highest BCUT2D eigenvalue weighted by atomic mass is 16.5. The minimum atomic E-state index is 0.339. The lowest BCUT2D eigenvalue weighted by molar-refractivity contribution is 0.0605. The van der Waals surface area contributed by atoms with Gasteiger partial charge in [0.15, 0.2) is 0 Å². The van der Waals surface area contributed by atoms with Crippen LogP contribution in [0.3, 0.4) is 0 Å². The van der Waals surface area contributed by atoms with Crippen LogP contribution in [0.1, 0.15) is 37.8 Å². The van der Waals surface area contributed by atoms with E-state index < -0.39 is 0 Å². The Labute approximate surface area is 115 Å². The molecule has 0 aromatic carbocycles. The molecule has 1 unspecified atom stereocenters. The molecule has 2 rings (SSSR count). The largest absolute Gasteiger partial charge is 0.495 e. The summed E-state index contributed by atoms with van der Waals surface area (Å²) < 4.78 is 10.9. The second kappa shape index (κ2) is 7.46. The molecule has 106 valence electrons. The van der Waals surface area contributed by atoms with Crippen molar-refractivity contribution < 1.29 is 9.47 Å². The van der Waals surface area contributed by atoms with Gasteiger partial charge in [-0.1, -0.05) is 6.92 Å². The van der Waals surface area contributed by atoms with E-state index in [0.717, 1.165) is 50.7 Å². The zero-order valence-corrected chi connectivity index (χ0v) is 11.9. The molecule has 1 aliphatic heterocycles. The Morgan fingerprint density at radius 2 is 2.26 bits per heavy atom. The number of aromatic nitrogens is 1. The van der Waals surface area contributed by atoms with E-state index in [1.807, 2.05) is 6.20 Å². The number of methoxy groups -OCH3 is 1. The Bertz CT molecular complexity index is 378. The highest BCUT2D eigenvalue weighted by Crippen LogP contribution is 2.31. The molecular weight excluding hydrogens is 240 g/mol. The van der Waals surface area contributed by atoms with Gasteiger partial charge in [0, 0.05) is 31.0 Å². The lowest BCUT2D eigenvalue weighted by Gasteiger charge is -2.28. The second-order valence-corrected chi connectivity index (χ2v) is 5.02. The fourth-order valence-corrected chi connectivity index (χ4v) is 2.73. The van der Waals surface area contributed by atoms with Crippen LogP contribution in [0, 0.1) is 5.92 Å². The average molecular weight is 264 g/mol. The topological polar surface area (TPSA) is 43.4 Å². The molecule has 0 spiro atoms. The van der Waals surface area contributed by atoms with Crippen molar-refractivity contribution in [3.63, 3.8) is 0 Å². The quantitative estimate of drug-likeness (QED) is 0.857. The van der Waals surface area contributed by atoms with Crippen LogP contribution in [0.4, 0.5) is 0 Å². The Morgan fingerprint density at radius 3 is 2.95 bits per heavy atom. The molecule has 0 amide bonds. The van der Waals surface area contributed by atoms with E-state index in [0.29, 0.717) is 6.04 Å². The predicted octanol–water partition coefficient (Wildman–Crippen LogP) is 2.56. The molecule has 0 radical (unpaired) electrons. The first-order valence-electron chi connectivity index (χ1n) is 7.14. The van der Waals surface area contributed by atoms with Gasteiger partial charge < -0.3 is 14.8 Å². The number of hydrogen-bond donors (Lipinski definition) is 1. The van der Waals surface area contributed by atoms with Crippen molar-refractivity contribution in [2.24, 2.45) is 5.92 Å². The summed E-state index contributed by atoms with van der Waals surface area (Å²) in [7, 11) is 1.71. The zero-order chi connectivity index (χ0) is 13.5. The molecule has 4 heteroatoms. The first kappa shape index (κ1) is 14.3. The summed E-state index contributed by atoms with van der Waals surface area (Å²) >= 11 is 0. The molecule has 19 heavy (non-hydrogen) atoms. The smallest absolute Gasteiger partial charge is 0.141 e. The molecule has 1 fully saturated rings. The summed E-state index contributed by atoms with van der Waals surface area (Å²) in [6, 6.07) is 2.40. The minimum Gasteiger partial charge on any atom is -0.495 e. The summed E-state index contributed by atoms with van der Waals surface area (Å²) in [4.78, 5) is 4.13. The molecule has 4 nitrogen and oxygen atoms in total. The number of nitrogens with one attached hydrogen (secondary N) is 1. The van der Waals surface area contributed by atoms with Gasteiger partial charge in [0.25, 0.3) is 0 Å². The van der Waals surface area contributed by atoms with Crippen molar-refractivity contribution in [1.29, 1.82) is 0 Å². The fourth-order valence-electron chi connectivity index (χ4n) is 2.73. The van der Waals surface area contributed by atoms with Crippen LogP contribution in [0.2, 0.25) is 0 Å². The van der Waals surface area contributed by atoms with Gasteiger partial charge in [-0.25, -0.2) is 0 Å². The van der Waals surface area contributed by atoms with Crippen LogP contribution in [-0.2, 0) is 4.74 Å². The number of rotatable bonds is 6. The van der Waals surface area contributed by atoms with Gasteiger partial charge in [-0.15, -0.1) is 0 Å². The molecule has 1 aromatic heterocycles. The van der Waals surface area contributed by atoms with E-state index in [9.17, 15) is 0 Å². The Morgan fingerprint density at radius 1 is 1.47 bits per heavy atom. The standard InChI is InChI=1S/C15H24N2O2/c1-3-17-14(10-12-5-8-19-9-6-12)13-4-7-16-11-15(13)18-2/h4,7,11-12,14,17H,3,5-6,8-10H2,1-2H3. The van der Waals surface area contributed by atoms with Crippen molar-refractivity contribution in [3.05, 3.63) is 24.0 Å². The van der Waals surface area contributed by atoms with Crippen molar-refractivity contribution in [1.82, 2.24) is 10.3 Å². The molecule has 1 aliphatic rings. The molecule has 1 N–H and O–H groups in total. The van der Waals surface area contributed by atoms with Crippen LogP contribution in [-0.4, -0.2) is 31.9 Å². The van der Waals surface area contributed by atoms with Crippen molar-refractivity contribution >= 4 is 0 Å². The summed E-state index contributed by atoms with van der Waals surface area (Å²) in [5, 5.41) is 3.57. The third-order valence-corrected chi connectivity index (χ3v) is 3.77. The molecule has 0 saturated carbocycles. The highest BCUT2D eigenvalue weighted by molar-refractivity contribution is 5.32. The van der Waals surface area contributed by atoms with E-state index in [2.05, 4.69) is 23.3 Å². The van der Waals surface area contributed by atoms with Crippen molar-refractivity contribution in [2.45, 2.75) is 32.2 Å². The number of ether oxygens (including phenoxy) is 2. The maximum atomic E-state index is 5.44. The van der Waals surface area contributed by atoms with Gasteiger partial charge in [0.1, 0.15) is 5.75 Å². The number of hydrogen-bond acceptors (Lipinski definition) is 4. The Kier molecular flexibility index (Phi) is 5.61. The molecule has 1 aromatic rings. The lowest BCUT2D eigenvalue weighted by atomic mass is 9.89. The predicted molar refractivity (Wildman–Crippen MR) is 75.4 cm³/mol. The van der Waals surface area contributed by atoms with Crippen LogP contribution >= 0.6 is 0 Å². The van der Waals surface area contributed by atoms with E-state index in [1.54, 1.807) is 13.3 Å². The first-order chi connectivity index (χ1) is 9.35. The van der Waals surface area contributed by atoms with Gasteiger partial charge in [-0.05, 0) is 37.8 Å². The van der Waals surface area contributed by atoms with E-state index >= 15 is 0 Å². The number of pyridine rings is 1. The van der Waals surface area contributed by atoms with Gasteiger partial charge >= 0.3 is 0 Å². The van der Waals surface area contributed by atoms with Crippen LogP contribution < -0.4 is 10.1 Å². The molecule has 1 atom stereocenters. The monoisotopic (exact) mass is 264 g/mol. The van der Waals surface area contributed by atoms with Crippen LogP contribution in [0.25, 0.3) is 0 Å². The zero-order valence-electron chi connectivity index (χ0n) is 11.9. The third-order valence-electron chi connectivity index (χ3n) is 3.77. The normalized spacial score (nSPS) is 18.2. The van der Waals surface area contributed by atoms with Gasteiger partial charge in [0.05, 0.1) is 13.3 Å². The molecule has 0 bridgehead atoms. The second-order valence-electron chi connectivity index (χ2n) is 5.02. The maximum Gasteiger partial charge on any atom is 0.141 e. The summed E-state index contributed by atoms with van der Waals surface area (Å²) in [5.41, 5.74) is 1.21. The van der Waals surface area contributed by atoms with E-state index in [4.69, 9.17) is 9.47 Å². The fraction of sp³-hybridized carbons (Fsp3) is 0.667. The Hall–Kier alpha value is -1.13. The van der Waals surface area contributed by atoms with Gasteiger partial charge in [-0.3, -0.25) is 4.98 Å². The Balaban J connectivity index is 2.09.